The van der Waals surface area contributed by atoms with Crippen LogP contribution in [0.2, 0.25) is 0 Å². The predicted molar refractivity (Wildman–Crippen MR) is 80.0 cm³/mol. The normalized spacial score (nSPS) is 16.8. The standard InChI is InChI=1S/C15H34N2O/c1-6-8-9-11-17(5)14(3)12-15(4,13-18)16-10-7-2/h14,16,18H,6-13H2,1-5H3. The van der Waals surface area contributed by atoms with E-state index < -0.39 is 0 Å². The third kappa shape index (κ3) is 7.34. The first-order valence-corrected chi connectivity index (χ1v) is 7.55. The minimum absolute atomic E-state index is 0.144. The summed E-state index contributed by atoms with van der Waals surface area (Å²) in [7, 11) is 2.19. The van der Waals surface area contributed by atoms with E-state index in [4.69, 9.17) is 0 Å². The zero-order valence-electron chi connectivity index (χ0n) is 13.1. The number of aliphatic hydroxyl groups is 1. The molecule has 0 saturated heterocycles. The van der Waals surface area contributed by atoms with E-state index in [9.17, 15) is 5.11 Å². The number of aliphatic hydroxyl groups excluding tert-OH is 1. The summed E-state index contributed by atoms with van der Waals surface area (Å²) in [5, 5.41) is 13.0. The van der Waals surface area contributed by atoms with Gasteiger partial charge >= 0.3 is 0 Å². The number of hydrogen-bond donors (Lipinski definition) is 2. The molecule has 3 nitrogen and oxygen atoms in total. The third-order valence-electron chi connectivity index (χ3n) is 3.76. The van der Waals surface area contributed by atoms with Crippen molar-refractivity contribution in [2.45, 2.75) is 71.4 Å². The fraction of sp³-hybridized carbons (Fsp3) is 1.00. The second-order valence-electron chi connectivity index (χ2n) is 5.89. The summed E-state index contributed by atoms with van der Waals surface area (Å²) in [6.07, 6.45) is 5.95. The molecule has 3 heteroatoms. The number of nitrogens with zero attached hydrogens (tertiary/aromatic N) is 1. The van der Waals surface area contributed by atoms with Crippen LogP contribution < -0.4 is 5.32 Å². The molecule has 2 N–H and O–H groups in total. The molecular weight excluding hydrogens is 224 g/mol. The summed E-state index contributed by atoms with van der Waals surface area (Å²) < 4.78 is 0. The van der Waals surface area contributed by atoms with Gasteiger partial charge in [-0.2, -0.15) is 0 Å². The van der Waals surface area contributed by atoms with Gasteiger partial charge < -0.3 is 15.3 Å². The molecule has 0 spiro atoms. The second kappa shape index (κ2) is 9.76. The molecule has 0 aliphatic heterocycles. The van der Waals surface area contributed by atoms with Crippen molar-refractivity contribution in [3.8, 4) is 0 Å². The Morgan fingerprint density at radius 1 is 1.22 bits per heavy atom. The summed E-state index contributed by atoms with van der Waals surface area (Å²) in [6, 6.07) is 0.503. The fourth-order valence-corrected chi connectivity index (χ4v) is 2.26. The molecule has 0 bridgehead atoms. The van der Waals surface area contributed by atoms with Crippen molar-refractivity contribution in [2.75, 3.05) is 26.7 Å². The first kappa shape index (κ1) is 17.9. The Morgan fingerprint density at radius 3 is 2.39 bits per heavy atom. The molecule has 18 heavy (non-hydrogen) atoms. The fourth-order valence-electron chi connectivity index (χ4n) is 2.26. The van der Waals surface area contributed by atoms with Crippen molar-refractivity contribution in [2.24, 2.45) is 0 Å². The maximum atomic E-state index is 9.58. The van der Waals surface area contributed by atoms with Crippen molar-refractivity contribution in [3.63, 3.8) is 0 Å². The van der Waals surface area contributed by atoms with E-state index in [0.29, 0.717) is 6.04 Å². The van der Waals surface area contributed by atoms with E-state index in [1.165, 1.54) is 19.3 Å². The van der Waals surface area contributed by atoms with Gasteiger partial charge in [-0.15, -0.1) is 0 Å². The highest BCUT2D eigenvalue weighted by Crippen LogP contribution is 2.16. The van der Waals surface area contributed by atoms with Gasteiger partial charge in [0.1, 0.15) is 0 Å². The van der Waals surface area contributed by atoms with Gasteiger partial charge in [-0.1, -0.05) is 26.7 Å². The monoisotopic (exact) mass is 258 g/mol. The molecule has 0 aromatic rings. The molecule has 0 aromatic carbocycles. The van der Waals surface area contributed by atoms with Gasteiger partial charge in [0.2, 0.25) is 0 Å². The quantitative estimate of drug-likeness (QED) is 0.559. The van der Waals surface area contributed by atoms with Crippen LogP contribution in [0.5, 0.6) is 0 Å². The van der Waals surface area contributed by atoms with E-state index in [2.05, 4.69) is 45.0 Å². The predicted octanol–water partition coefficient (Wildman–Crippen LogP) is 2.64. The van der Waals surface area contributed by atoms with Gasteiger partial charge in [-0.05, 0) is 53.2 Å². The summed E-state index contributed by atoms with van der Waals surface area (Å²) >= 11 is 0. The van der Waals surface area contributed by atoms with Crippen LogP contribution in [0.3, 0.4) is 0 Å². The Bertz CT molecular complexity index is 199. The Labute approximate surface area is 114 Å². The van der Waals surface area contributed by atoms with Gasteiger partial charge in [-0.25, -0.2) is 0 Å². The SMILES string of the molecule is CCCCCN(C)C(C)CC(C)(CO)NCCC. The molecule has 0 rings (SSSR count). The van der Waals surface area contributed by atoms with E-state index in [-0.39, 0.29) is 12.1 Å². The van der Waals surface area contributed by atoms with Crippen LogP contribution >= 0.6 is 0 Å². The lowest BCUT2D eigenvalue weighted by Crippen LogP contribution is -2.50. The third-order valence-corrected chi connectivity index (χ3v) is 3.76. The van der Waals surface area contributed by atoms with Gasteiger partial charge in [-0.3, -0.25) is 0 Å². The van der Waals surface area contributed by atoms with Crippen molar-refractivity contribution in [1.29, 1.82) is 0 Å². The maximum Gasteiger partial charge on any atom is 0.0611 e. The minimum atomic E-state index is -0.144. The van der Waals surface area contributed by atoms with Crippen molar-refractivity contribution >= 4 is 0 Å². The lowest BCUT2D eigenvalue weighted by atomic mass is 9.93. The highest BCUT2D eigenvalue weighted by atomic mass is 16.3. The van der Waals surface area contributed by atoms with Crippen LogP contribution in [0, 0.1) is 0 Å². The van der Waals surface area contributed by atoms with Crippen LogP contribution in [0.25, 0.3) is 0 Å². The molecule has 2 unspecified atom stereocenters. The maximum absolute atomic E-state index is 9.58. The van der Waals surface area contributed by atoms with Crippen molar-refractivity contribution in [3.05, 3.63) is 0 Å². The summed E-state index contributed by atoms with van der Waals surface area (Å²) in [4.78, 5) is 2.41. The van der Waals surface area contributed by atoms with Crippen molar-refractivity contribution in [1.82, 2.24) is 10.2 Å². The second-order valence-corrected chi connectivity index (χ2v) is 5.89. The minimum Gasteiger partial charge on any atom is -0.394 e. The van der Waals surface area contributed by atoms with Crippen LogP contribution in [0.15, 0.2) is 0 Å². The highest BCUT2D eigenvalue weighted by Gasteiger charge is 2.26. The van der Waals surface area contributed by atoms with E-state index in [1.807, 2.05) is 0 Å². The van der Waals surface area contributed by atoms with Crippen molar-refractivity contribution < 1.29 is 5.11 Å². The molecular formula is C15H34N2O. The number of rotatable bonds is 11. The molecule has 0 radical (unpaired) electrons. The van der Waals surface area contributed by atoms with Gasteiger partial charge in [0.25, 0.3) is 0 Å². The Hall–Kier alpha value is -0.120. The van der Waals surface area contributed by atoms with E-state index in [0.717, 1.165) is 25.9 Å². The number of unbranched alkanes of at least 4 members (excludes halogenated alkanes) is 2. The summed E-state index contributed by atoms with van der Waals surface area (Å²) in [6.45, 7) is 11.1. The number of nitrogens with one attached hydrogen (secondary N) is 1. The van der Waals surface area contributed by atoms with Crippen LogP contribution in [0.1, 0.15) is 59.8 Å². The van der Waals surface area contributed by atoms with E-state index >= 15 is 0 Å². The molecule has 0 fully saturated rings. The molecule has 2 atom stereocenters. The zero-order valence-corrected chi connectivity index (χ0v) is 13.1. The average Bonchev–Trinajstić information content (AvgIpc) is 2.36. The summed E-state index contributed by atoms with van der Waals surface area (Å²) in [5.41, 5.74) is -0.144. The molecule has 0 aromatic heterocycles. The Morgan fingerprint density at radius 2 is 1.89 bits per heavy atom. The van der Waals surface area contributed by atoms with Gasteiger partial charge in [0, 0.05) is 11.6 Å². The Balaban J connectivity index is 4.11. The molecule has 0 aliphatic carbocycles. The topological polar surface area (TPSA) is 35.5 Å². The zero-order chi connectivity index (χ0) is 14.0. The number of hydrogen-bond acceptors (Lipinski definition) is 3. The molecule has 0 aliphatic rings. The Kier molecular flexibility index (Phi) is 9.70. The lowest BCUT2D eigenvalue weighted by molar-refractivity contribution is 0.125. The molecule has 0 heterocycles. The van der Waals surface area contributed by atoms with Crippen LogP contribution in [-0.4, -0.2) is 48.3 Å². The van der Waals surface area contributed by atoms with Gasteiger partial charge in [0.05, 0.1) is 6.61 Å². The first-order valence-electron chi connectivity index (χ1n) is 7.55. The van der Waals surface area contributed by atoms with Gasteiger partial charge in [0.15, 0.2) is 0 Å². The molecule has 110 valence electrons. The summed E-state index contributed by atoms with van der Waals surface area (Å²) in [5.74, 6) is 0. The first-order chi connectivity index (χ1) is 8.49. The van der Waals surface area contributed by atoms with E-state index in [1.54, 1.807) is 0 Å². The van der Waals surface area contributed by atoms with Crippen LogP contribution in [-0.2, 0) is 0 Å². The highest BCUT2D eigenvalue weighted by molar-refractivity contribution is 4.86. The largest absolute Gasteiger partial charge is 0.394 e. The lowest BCUT2D eigenvalue weighted by Gasteiger charge is -2.35. The molecule has 0 saturated carbocycles. The smallest absolute Gasteiger partial charge is 0.0611 e. The average molecular weight is 258 g/mol. The molecule has 0 amide bonds. The van der Waals surface area contributed by atoms with Crippen LogP contribution in [0.4, 0.5) is 0 Å².